The molecule has 0 radical (unpaired) electrons. The summed E-state index contributed by atoms with van der Waals surface area (Å²) in [6, 6.07) is 0. The van der Waals surface area contributed by atoms with Crippen LogP contribution in [-0.4, -0.2) is 59.9 Å². The average molecular weight is 797 g/mol. The molecule has 10 heteroatoms. The number of hydrogen-bond acceptors (Lipinski definition) is 10. The fourth-order valence-corrected chi connectivity index (χ4v) is 15.3. The van der Waals surface area contributed by atoms with E-state index in [1.54, 1.807) is 0 Å². The average Bonchev–Trinajstić information content (AvgIpc) is 4.04. The molecule has 312 valence electrons. The van der Waals surface area contributed by atoms with E-state index in [1.807, 2.05) is 13.8 Å². The third kappa shape index (κ3) is 5.34. The summed E-state index contributed by atoms with van der Waals surface area (Å²) in [6.45, 7) is 9.80. The summed E-state index contributed by atoms with van der Waals surface area (Å²) in [7, 11) is 0. The maximum atomic E-state index is 12.0. The number of fused-ring (bicyclic) bond motifs is 22. The molecule has 10 fully saturated rings. The van der Waals surface area contributed by atoms with Crippen LogP contribution in [0.4, 0.5) is 0 Å². The Morgan fingerprint density at radius 1 is 0.466 bits per heavy atom. The molecule has 2 spiro atoms. The molecule has 0 amide bonds. The number of rotatable bonds is 1. The van der Waals surface area contributed by atoms with Gasteiger partial charge >= 0.3 is 23.9 Å². The number of hydrogen-bond donors (Lipinski definition) is 0. The molecule has 19 unspecified atom stereocenters. The first-order valence-electron chi connectivity index (χ1n) is 22.8. The van der Waals surface area contributed by atoms with Crippen LogP contribution in [0.1, 0.15) is 91.9 Å². The van der Waals surface area contributed by atoms with Gasteiger partial charge in [0.15, 0.2) is 0 Å². The molecule has 6 aliphatic heterocycles. The SMILES string of the molecule is CC1(C)OC(=O)C2C3C=CC(C3)C21.CCC1(C)OC(=O)C2C3C=CC(C3)C21.O=C1OC2(CCCCO2)C2C3C=CC(C3)C12.O=C1OC2(CCCO2)C2C3C=CC(C3)C12. The van der Waals surface area contributed by atoms with E-state index in [1.165, 1.54) is 12.8 Å². The van der Waals surface area contributed by atoms with Gasteiger partial charge in [-0.2, -0.15) is 0 Å². The fraction of sp³-hybridized carbons (Fsp3) is 0.750. The van der Waals surface area contributed by atoms with Gasteiger partial charge in [0.1, 0.15) is 11.2 Å². The van der Waals surface area contributed by atoms with Gasteiger partial charge in [-0.1, -0.05) is 55.5 Å². The molecule has 14 aliphatic rings. The molecule has 6 heterocycles. The third-order valence-corrected chi connectivity index (χ3v) is 17.7. The van der Waals surface area contributed by atoms with Gasteiger partial charge in [-0.25, -0.2) is 0 Å². The Labute approximate surface area is 341 Å². The lowest BCUT2D eigenvalue weighted by atomic mass is 9.74. The van der Waals surface area contributed by atoms with Gasteiger partial charge in [0, 0.05) is 36.5 Å². The first kappa shape index (κ1) is 37.7. The molecule has 8 aliphatic carbocycles. The topological polar surface area (TPSA) is 124 Å². The molecule has 14 rings (SSSR count). The largest absolute Gasteiger partial charge is 0.459 e. The van der Waals surface area contributed by atoms with Gasteiger partial charge in [0.2, 0.25) is 11.6 Å². The van der Waals surface area contributed by atoms with E-state index in [4.69, 9.17) is 28.4 Å². The Kier molecular flexibility index (Phi) is 8.54. The number of ether oxygens (including phenoxy) is 6. The standard InChI is InChI=1S/C13H16O3.C12H14O3.C12H16O2.C11H14O2/c14-12-10-8-3-4-9(7-8)11(10)13(16-12)5-1-2-6-15-13;13-11-9-7-2-3-8(6-7)10(9)12(15-11)4-1-5-14-12;1-3-12(2)10-8-5-4-7(6-8)9(10)11(13)14-12;1-11(2)9-7-4-3-6(5-7)8(9)10(12)13-11/h3-4,8-11H,1-2,5-7H2;2-3,7-10H,1,4-6H2;4-5,7-10H,3,6H2,1-2H3;3-4,6-9H,5H2,1-2H3. The van der Waals surface area contributed by atoms with Crippen molar-refractivity contribution in [3.8, 4) is 0 Å². The third-order valence-electron chi connectivity index (χ3n) is 17.7. The quantitative estimate of drug-likeness (QED) is 0.152. The van der Waals surface area contributed by atoms with Crippen LogP contribution in [0, 0.1) is 94.7 Å². The second-order valence-corrected chi connectivity index (χ2v) is 20.8. The first-order valence-corrected chi connectivity index (χ1v) is 22.8. The number of carbonyl (C=O) groups is 4. The van der Waals surface area contributed by atoms with Crippen LogP contribution in [0.25, 0.3) is 0 Å². The highest BCUT2D eigenvalue weighted by Gasteiger charge is 2.68. The highest BCUT2D eigenvalue weighted by molar-refractivity contribution is 5.79. The molecular formula is C48H60O10. The van der Waals surface area contributed by atoms with Gasteiger partial charge < -0.3 is 28.4 Å². The maximum Gasteiger partial charge on any atom is 0.312 e. The van der Waals surface area contributed by atoms with Crippen LogP contribution in [0.5, 0.6) is 0 Å². The van der Waals surface area contributed by atoms with Crippen LogP contribution < -0.4 is 0 Å². The molecule has 0 aromatic heterocycles. The van der Waals surface area contributed by atoms with Gasteiger partial charge in [-0.15, -0.1) is 0 Å². The number of esters is 4. The van der Waals surface area contributed by atoms with Crippen molar-refractivity contribution >= 4 is 23.9 Å². The summed E-state index contributed by atoms with van der Waals surface area (Å²) >= 11 is 0. The molecule has 58 heavy (non-hydrogen) atoms. The highest BCUT2D eigenvalue weighted by atomic mass is 16.7. The summed E-state index contributed by atoms with van der Waals surface area (Å²) in [5.41, 5.74) is -0.419. The summed E-state index contributed by atoms with van der Waals surface area (Å²) in [6.07, 6.45) is 28.5. The Balaban J connectivity index is 0.0000000889. The second-order valence-electron chi connectivity index (χ2n) is 20.8. The van der Waals surface area contributed by atoms with Crippen molar-refractivity contribution < 1.29 is 47.6 Å². The van der Waals surface area contributed by atoms with E-state index < -0.39 is 11.6 Å². The van der Waals surface area contributed by atoms with Crippen molar-refractivity contribution in [3.63, 3.8) is 0 Å². The van der Waals surface area contributed by atoms with Gasteiger partial charge in [-0.05, 0) is 119 Å². The van der Waals surface area contributed by atoms with E-state index in [0.29, 0.717) is 71.0 Å². The van der Waals surface area contributed by atoms with Crippen molar-refractivity contribution in [3.05, 3.63) is 48.6 Å². The Bertz CT molecular complexity index is 1880. The number of cyclic esters (lactones) is 2. The second kappa shape index (κ2) is 13.1. The van der Waals surface area contributed by atoms with E-state index in [0.717, 1.165) is 64.6 Å². The molecule has 19 atom stereocenters. The molecule has 10 nitrogen and oxygen atoms in total. The minimum Gasteiger partial charge on any atom is -0.459 e. The number of allylic oxidation sites excluding steroid dienone is 8. The van der Waals surface area contributed by atoms with Crippen LogP contribution >= 0.6 is 0 Å². The minimum absolute atomic E-state index is 0.0104. The van der Waals surface area contributed by atoms with Crippen molar-refractivity contribution in [2.45, 2.75) is 115 Å². The monoisotopic (exact) mass is 796 g/mol. The van der Waals surface area contributed by atoms with Gasteiger partial charge in [-0.3, -0.25) is 19.2 Å². The lowest BCUT2D eigenvalue weighted by Gasteiger charge is -2.38. The summed E-state index contributed by atoms with van der Waals surface area (Å²) in [5, 5.41) is 0. The predicted molar refractivity (Wildman–Crippen MR) is 208 cm³/mol. The molecule has 0 aromatic rings. The summed E-state index contributed by atoms with van der Waals surface area (Å²) < 4.78 is 33.8. The number of carbonyl (C=O) groups excluding carboxylic acids is 4. The first-order chi connectivity index (χ1) is 27.9. The lowest BCUT2D eigenvalue weighted by Crippen LogP contribution is -2.44. The minimum atomic E-state index is -0.551. The molecular weight excluding hydrogens is 737 g/mol. The van der Waals surface area contributed by atoms with Crippen LogP contribution in [0.15, 0.2) is 48.6 Å². The lowest BCUT2D eigenvalue weighted by molar-refractivity contribution is -0.249. The van der Waals surface area contributed by atoms with Crippen LogP contribution in [0.3, 0.4) is 0 Å². The zero-order valence-electron chi connectivity index (χ0n) is 34.4. The predicted octanol–water partition coefficient (Wildman–Crippen LogP) is 7.28. The Hall–Kier alpha value is -3.24. The maximum absolute atomic E-state index is 12.0. The van der Waals surface area contributed by atoms with Crippen molar-refractivity contribution in [1.29, 1.82) is 0 Å². The van der Waals surface area contributed by atoms with Crippen molar-refractivity contribution in [2.75, 3.05) is 13.2 Å². The molecule has 0 aromatic carbocycles. The molecule has 0 N–H and O–H groups in total. The Morgan fingerprint density at radius 2 is 0.845 bits per heavy atom. The van der Waals surface area contributed by atoms with Crippen molar-refractivity contribution in [1.82, 2.24) is 0 Å². The zero-order valence-corrected chi connectivity index (χ0v) is 34.4. The van der Waals surface area contributed by atoms with E-state index in [2.05, 4.69) is 62.5 Å². The van der Waals surface area contributed by atoms with Crippen LogP contribution in [0.2, 0.25) is 0 Å². The van der Waals surface area contributed by atoms with E-state index >= 15 is 0 Å². The van der Waals surface area contributed by atoms with E-state index in [-0.39, 0.29) is 58.8 Å². The molecule has 4 saturated carbocycles. The smallest absolute Gasteiger partial charge is 0.312 e. The van der Waals surface area contributed by atoms with Gasteiger partial charge in [0.05, 0.1) is 36.9 Å². The van der Waals surface area contributed by atoms with Gasteiger partial charge in [0.25, 0.3) is 0 Å². The molecule has 6 saturated heterocycles. The van der Waals surface area contributed by atoms with Crippen molar-refractivity contribution in [2.24, 2.45) is 94.7 Å². The molecule has 8 bridgehead atoms. The van der Waals surface area contributed by atoms with Crippen LogP contribution in [-0.2, 0) is 47.6 Å². The van der Waals surface area contributed by atoms with E-state index in [9.17, 15) is 19.2 Å². The highest BCUT2D eigenvalue weighted by Crippen LogP contribution is 2.62. The Morgan fingerprint density at radius 3 is 1.28 bits per heavy atom. The summed E-state index contributed by atoms with van der Waals surface area (Å²) in [4.78, 5) is 47.2. The zero-order chi connectivity index (χ0) is 39.9. The normalized spacial score (nSPS) is 53.1. The summed E-state index contributed by atoms with van der Waals surface area (Å²) in [5.74, 6) is 5.04. The fourth-order valence-electron chi connectivity index (χ4n) is 15.3.